The molecule has 1 aromatic carbocycles. The predicted octanol–water partition coefficient (Wildman–Crippen LogP) is 2.40. The van der Waals surface area contributed by atoms with E-state index in [1.807, 2.05) is 32.0 Å². The van der Waals surface area contributed by atoms with E-state index < -0.39 is 10.0 Å². The van der Waals surface area contributed by atoms with Crippen LogP contribution in [-0.2, 0) is 10.0 Å². The average molecular weight is 458 g/mol. The van der Waals surface area contributed by atoms with Crippen LogP contribution in [0.1, 0.15) is 12.6 Å². The number of halogens is 1. The molecule has 10 heteroatoms. The average Bonchev–Trinajstić information content (AvgIpc) is 2.60. The van der Waals surface area contributed by atoms with E-state index in [2.05, 4.69) is 35.9 Å². The Labute approximate surface area is 168 Å². The molecule has 0 spiro atoms. The van der Waals surface area contributed by atoms with Crippen molar-refractivity contribution >= 4 is 37.7 Å². The number of rotatable bonds is 9. The van der Waals surface area contributed by atoms with Gasteiger partial charge < -0.3 is 15.0 Å². The summed E-state index contributed by atoms with van der Waals surface area (Å²) in [5.41, 5.74) is 0.826. The summed E-state index contributed by atoms with van der Waals surface area (Å²) < 4.78 is 33.9. The first-order valence-corrected chi connectivity index (χ1v) is 10.7. The summed E-state index contributed by atoms with van der Waals surface area (Å²) in [5.74, 6) is 1.55. The van der Waals surface area contributed by atoms with Gasteiger partial charge in [-0.25, -0.2) is 18.1 Å². The van der Waals surface area contributed by atoms with Crippen LogP contribution in [0.4, 0.5) is 11.8 Å². The molecule has 0 aliphatic heterocycles. The van der Waals surface area contributed by atoms with E-state index in [1.165, 1.54) is 6.07 Å². The van der Waals surface area contributed by atoms with Gasteiger partial charge in [-0.1, -0.05) is 15.9 Å². The van der Waals surface area contributed by atoms with Crippen molar-refractivity contribution in [2.75, 3.05) is 44.0 Å². The maximum absolute atomic E-state index is 12.6. The molecule has 0 fully saturated rings. The molecule has 148 valence electrons. The highest BCUT2D eigenvalue weighted by molar-refractivity contribution is 9.10. The second-order valence-corrected chi connectivity index (χ2v) is 8.59. The first kappa shape index (κ1) is 21.4. The highest BCUT2D eigenvalue weighted by Gasteiger charge is 2.19. The Balaban J connectivity index is 2.02. The van der Waals surface area contributed by atoms with Gasteiger partial charge >= 0.3 is 0 Å². The van der Waals surface area contributed by atoms with E-state index in [1.54, 1.807) is 19.1 Å². The van der Waals surface area contributed by atoms with Crippen LogP contribution in [0.15, 0.2) is 33.6 Å². The lowest BCUT2D eigenvalue weighted by Gasteiger charge is -2.14. The largest absolute Gasteiger partial charge is 0.492 e. The third-order valence-electron chi connectivity index (χ3n) is 3.49. The maximum Gasteiger partial charge on any atom is 0.244 e. The number of benzene rings is 1. The molecule has 0 atom stereocenters. The molecular weight excluding hydrogens is 434 g/mol. The van der Waals surface area contributed by atoms with Crippen LogP contribution in [-0.4, -0.2) is 52.2 Å². The minimum Gasteiger partial charge on any atom is -0.492 e. The van der Waals surface area contributed by atoms with Crippen molar-refractivity contribution < 1.29 is 13.2 Å². The van der Waals surface area contributed by atoms with Gasteiger partial charge in [0, 0.05) is 43.4 Å². The van der Waals surface area contributed by atoms with Gasteiger partial charge in [0.15, 0.2) is 0 Å². The zero-order chi connectivity index (χ0) is 20.0. The molecule has 0 saturated carbocycles. The molecule has 0 aliphatic carbocycles. The summed E-state index contributed by atoms with van der Waals surface area (Å²) >= 11 is 3.30. The van der Waals surface area contributed by atoms with E-state index >= 15 is 0 Å². The fourth-order valence-electron chi connectivity index (χ4n) is 2.26. The Morgan fingerprint density at radius 2 is 1.93 bits per heavy atom. The SMILES string of the molecule is CCOc1ccc(Br)cc1S(=O)(=O)NCCNc1nc(C)cc(N(C)C)n1. The Bertz CT molecular complexity index is 890. The fourth-order valence-corrected chi connectivity index (χ4v) is 3.98. The van der Waals surface area contributed by atoms with Gasteiger partial charge in [-0.3, -0.25) is 0 Å². The maximum atomic E-state index is 12.6. The normalized spacial score (nSPS) is 11.3. The smallest absolute Gasteiger partial charge is 0.244 e. The van der Waals surface area contributed by atoms with Gasteiger partial charge in [0.2, 0.25) is 16.0 Å². The summed E-state index contributed by atoms with van der Waals surface area (Å²) in [5, 5.41) is 3.04. The molecule has 1 aromatic heterocycles. The molecule has 0 radical (unpaired) electrons. The fraction of sp³-hybridized carbons (Fsp3) is 0.412. The number of hydrogen-bond acceptors (Lipinski definition) is 7. The number of nitrogens with zero attached hydrogens (tertiary/aromatic N) is 3. The molecule has 0 bridgehead atoms. The summed E-state index contributed by atoms with van der Waals surface area (Å²) in [4.78, 5) is 10.7. The second-order valence-electron chi connectivity index (χ2n) is 5.93. The Kier molecular flexibility index (Phi) is 7.40. The first-order chi connectivity index (χ1) is 12.7. The lowest BCUT2D eigenvalue weighted by Crippen LogP contribution is -2.29. The van der Waals surface area contributed by atoms with Crippen LogP contribution in [0.2, 0.25) is 0 Å². The van der Waals surface area contributed by atoms with E-state index in [0.29, 0.717) is 29.3 Å². The molecule has 27 heavy (non-hydrogen) atoms. The summed E-state index contributed by atoms with van der Waals surface area (Å²) in [6, 6.07) is 6.76. The third-order valence-corrected chi connectivity index (χ3v) is 5.47. The zero-order valence-electron chi connectivity index (χ0n) is 15.8. The minimum absolute atomic E-state index is 0.0976. The number of aryl methyl sites for hydroxylation is 1. The van der Waals surface area contributed by atoms with Crippen LogP contribution in [0.5, 0.6) is 5.75 Å². The van der Waals surface area contributed by atoms with Gasteiger partial charge in [-0.05, 0) is 32.0 Å². The Hall–Kier alpha value is -1.91. The predicted molar refractivity (Wildman–Crippen MR) is 110 cm³/mol. The van der Waals surface area contributed by atoms with Gasteiger partial charge in [-0.15, -0.1) is 0 Å². The van der Waals surface area contributed by atoms with Crippen LogP contribution in [0.25, 0.3) is 0 Å². The van der Waals surface area contributed by atoms with Gasteiger partial charge in [0.1, 0.15) is 16.5 Å². The molecule has 0 aliphatic rings. The lowest BCUT2D eigenvalue weighted by molar-refractivity contribution is 0.331. The molecule has 0 amide bonds. The Morgan fingerprint density at radius 1 is 1.19 bits per heavy atom. The van der Waals surface area contributed by atoms with Crippen molar-refractivity contribution in [3.8, 4) is 5.75 Å². The molecule has 2 N–H and O–H groups in total. The first-order valence-electron chi connectivity index (χ1n) is 8.42. The van der Waals surface area contributed by atoms with E-state index in [0.717, 1.165) is 11.5 Å². The molecular formula is C17H24BrN5O3S. The van der Waals surface area contributed by atoms with Crippen LogP contribution >= 0.6 is 15.9 Å². The molecule has 2 aromatic rings. The third kappa shape index (κ3) is 6.05. The van der Waals surface area contributed by atoms with E-state index in [9.17, 15) is 8.42 Å². The highest BCUT2D eigenvalue weighted by Crippen LogP contribution is 2.27. The second kappa shape index (κ2) is 9.34. The number of sulfonamides is 1. The summed E-state index contributed by atoms with van der Waals surface area (Å²) in [7, 11) is 0.0790. The van der Waals surface area contributed by atoms with Gasteiger partial charge in [0.25, 0.3) is 0 Å². The van der Waals surface area contributed by atoms with Crippen molar-refractivity contribution in [2.24, 2.45) is 0 Å². The summed E-state index contributed by atoms with van der Waals surface area (Å²) in [6.45, 7) is 4.58. The molecule has 0 saturated heterocycles. The van der Waals surface area contributed by atoms with Crippen LogP contribution < -0.4 is 19.7 Å². The number of aromatic nitrogens is 2. The van der Waals surface area contributed by atoms with Crippen molar-refractivity contribution in [3.63, 3.8) is 0 Å². The Morgan fingerprint density at radius 3 is 2.59 bits per heavy atom. The van der Waals surface area contributed by atoms with Crippen molar-refractivity contribution in [1.82, 2.24) is 14.7 Å². The van der Waals surface area contributed by atoms with E-state index in [-0.39, 0.29) is 11.4 Å². The quantitative estimate of drug-likeness (QED) is 0.557. The van der Waals surface area contributed by atoms with Crippen LogP contribution in [0, 0.1) is 6.92 Å². The van der Waals surface area contributed by atoms with Crippen molar-refractivity contribution in [1.29, 1.82) is 0 Å². The number of anilines is 2. The monoisotopic (exact) mass is 457 g/mol. The van der Waals surface area contributed by atoms with Crippen molar-refractivity contribution in [3.05, 3.63) is 34.4 Å². The van der Waals surface area contributed by atoms with Gasteiger partial charge in [-0.2, -0.15) is 4.98 Å². The van der Waals surface area contributed by atoms with Crippen molar-refractivity contribution in [2.45, 2.75) is 18.7 Å². The topological polar surface area (TPSA) is 96.5 Å². The highest BCUT2D eigenvalue weighted by atomic mass is 79.9. The standard InChI is InChI=1S/C17H24BrN5O3S/c1-5-26-14-7-6-13(18)11-15(14)27(24,25)20-9-8-19-17-21-12(2)10-16(22-17)23(3)4/h6-7,10-11,20H,5,8-9H2,1-4H3,(H,19,21,22). The number of nitrogens with one attached hydrogen (secondary N) is 2. The zero-order valence-corrected chi connectivity index (χ0v) is 18.2. The number of ether oxygens (including phenoxy) is 1. The summed E-state index contributed by atoms with van der Waals surface area (Å²) in [6.07, 6.45) is 0. The van der Waals surface area contributed by atoms with Gasteiger partial charge in [0.05, 0.1) is 6.61 Å². The molecule has 8 nitrogen and oxygen atoms in total. The molecule has 0 unspecified atom stereocenters. The van der Waals surface area contributed by atoms with Crippen LogP contribution in [0.3, 0.4) is 0 Å². The molecule has 1 heterocycles. The minimum atomic E-state index is -3.71. The molecule has 2 rings (SSSR count). The van der Waals surface area contributed by atoms with E-state index in [4.69, 9.17) is 4.74 Å². The number of hydrogen-bond donors (Lipinski definition) is 2. The lowest BCUT2D eigenvalue weighted by atomic mass is 10.3.